The molecule has 0 atom stereocenters. The third kappa shape index (κ3) is 100. The molecule has 0 aliphatic carbocycles. The monoisotopic (exact) mass is 336 g/mol. The maximum Gasteiger partial charge on any atom is 0.313 e. The molecule has 0 radical (unpaired) electrons. The van der Waals surface area contributed by atoms with Crippen molar-refractivity contribution in [2.45, 2.75) is 13.3 Å². The number of hydrogen-bond donors (Lipinski definition) is 7. The van der Waals surface area contributed by atoms with Gasteiger partial charge in [-0.05, 0) is 6.42 Å². The molecule has 116 valence electrons. The summed E-state index contributed by atoms with van der Waals surface area (Å²) in [6, 6.07) is 0. The van der Waals surface area contributed by atoms with Crippen molar-refractivity contribution in [1.82, 2.24) is 0 Å². The maximum atomic E-state index is 9.29. The molecule has 0 bridgehead atoms. The van der Waals surface area contributed by atoms with Gasteiger partial charge < -0.3 is 20.4 Å². The zero-order valence-corrected chi connectivity index (χ0v) is 13.1. The minimum atomic E-state index is -0.881. The predicted molar refractivity (Wildman–Crippen MR) is 81.8 cm³/mol. The second-order valence-electron chi connectivity index (χ2n) is 2.38. The number of aliphatic hydroxyl groups is 1. The van der Waals surface area contributed by atoms with Crippen LogP contribution in [0.5, 0.6) is 0 Å². The normalized spacial score (nSPS) is 7.42. The topological polar surface area (TPSA) is 132 Å². The lowest BCUT2D eigenvalue weighted by molar-refractivity contribution is -0.134. The van der Waals surface area contributed by atoms with E-state index in [4.69, 9.17) is 20.4 Å². The van der Waals surface area contributed by atoms with Crippen LogP contribution in [0.2, 0.25) is 0 Å². The fourth-order valence-corrected chi connectivity index (χ4v) is 0. The van der Waals surface area contributed by atoms with E-state index in [1.807, 2.05) is 6.92 Å². The summed E-state index contributed by atoms with van der Waals surface area (Å²) >= 11 is 10.2. The van der Waals surface area contributed by atoms with Gasteiger partial charge >= 0.3 is 17.9 Å². The Morgan fingerprint density at radius 2 is 0.895 bits per heavy atom. The molecule has 0 saturated heterocycles. The molecule has 0 aromatic rings. The highest BCUT2D eigenvalue weighted by Gasteiger charge is 1.82. The quantitative estimate of drug-likeness (QED) is 0.369. The zero-order chi connectivity index (χ0) is 16.3. The molecule has 19 heavy (non-hydrogen) atoms. The lowest BCUT2D eigenvalue weighted by Gasteiger charge is -1.71. The van der Waals surface area contributed by atoms with Crippen LogP contribution in [0.1, 0.15) is 13.3 Å². The molecule has 0 aliphatic rings. The number of carboxylic acid groups (broad SMARTS) is 3. The number of thiol groups is 3. The van der Waals surface area contributed by atoms with Crippen LogP contribution < -0.4 is 0 Å². The van der Waals surface area contributed by atoms with Gasteiger partial charge in [-0.25, -0.2) is 0 Å². The van der Waals surface area contributed by atoms with Crippen LogP contribution in [0.4, 0.5) is 0 Å². The van der Waals surface area contributed by atoms with Crippen LogP contribution in [-0.2, 0) is 14.4 Å². The van der Waals surface area contributed by atoms with Gasteiger partial charge in [0.1, 0.15) is 0 Å². The number of rotatable bonds is 4. The summed E-state index contributed by atoms with van der Waals surface area (Å²) in [5, 5.41) is 30.8. The molecule has 7 nitrogen and oxygen atoms in total. The van der Waals surface area contributed by atoms with Gasteiger partial charge in [-0.15, -0.1) is 0 Å². The second kappa shape index (κ2) is 26.1. The molecule has 0 aromatic heterocycles. The zero-order valence-electron chi connectivity index (χ0n) is 10.4. The highest BCUT2D eigenvalue weighted by molar-refractivity contribution is 7.81. The molecule has 4 N–H and O–H groups in total. The van der Waals surface area contributed by atoms with E-state index in [0.29, 0.717) is 6.61 Å². The van der Waals surface area contributed by atoms with E-state index in [9.17, 15) is 14.4 Å². The Morgan fingerprint density at radius 1 is 0.789 bits per heavy atom. The standard InChI is InChI=1S/C3H8O.3C2H4O2S/c1-2-3-4;3*3-2(4)1-5/h4H,2-3H2,1H3;3*5H,1H2,(H,3,4). The molecular formula is C9H20O7S3. The Kier molecular flexibility index (Phi) is 36.9. The molecule has 0 aliphatic heterocycles. The number of carboxylic acids is 3. The van der Waals surface area contributed by atoms with Crippen LogP contribution in [0, 0.1) is 0 Å². The van der Waals surface area contributed by atoms with Crippen molar-refractivity contribution >= 4 is 55.8 Å². The first-order chi connectivity index (χ1) is 8.72. The average Bonchev–Trinajstić information content (AvgIpc) is 2.40. The summed E-state index contributed by atoms with van der Waals surface area (Å²) in [4.78, 5) is 27.9. The van der Waals surface area contributed by atoms with Crippen LogP contribution in [0.15, 0.2) is 0 Å². The molecule has 0 amide bonds. The van der Waals surface area contributed by atoms with Gasteiger partial charge in [0.15, 0.2) is 0 Å². The fourth-order valence-electron chi connectivity index (χ4n) is 0. The van der Waals surface area contributed by atoms with Crippen molar-refractivity contribution < 1.29 is 34.8 Å². The molecule has 0 spiro atoms. The van der Waals surface area contributed by atoms with Crippen LogP contribution in [-0.4, -0.2) is 62.2 Å². The minimum Gasteiger partial charge on any atom is -0.481 e. The van der Waals surface area contributed by atoms with E-state index < -0.39 is 17.9 Å². The summed E-state index contributed by atoms with van der Waals surface area (Å²) in [5.41, 5.74) is 0. The van der Waals surface area contributed by atoms with Crippen LogP contribution in [0.25, 0.3) is 0 Å². The van der Waals surface area contributed by atoms with E-state index in [2.05, 4.69) is 37.9 Å². The first-order valence-electron chi connectivity index (χ1n) is 4.82. The summed E-state index contributed by atoms with van der Waals surface area (Å²) in [5.74, 6) is -2.89. The minimum absolute atomic E-state index is 0.0833. The molecule has 0 unspecified atom stereocenters. The van der Waals surface area contributed by atoms with E-state index >= 15 is 0 Å². The van der Waals surface area contributed by atoms with Crippen molar-refractivity contribution in [3.8, 4) is 0 Å². The van der Waals surface area contributed by atoms with Gasteiger partial charge in [0.05, 0.1) is 17.3 Å². The summed E-state index contributed by atoms with van der Waals surface area (Å²) < 4.78 is 0. The van der Waals surface area contributed by atoms with Gasteiger partial charge in [-0.1, -0.05) is 6.92 Å². The molecule has 0 saturated carbocycles. The average molecular weight is 336 g/mol. The molecule has 0 aromatic carbocycles. The number of aliphatic carboxylic acids is 3. The van der Waals surface area contributed by atoms with E-state index in [-0.39, 0.29) is 17.3 Å². The molecule has 10 heteroatoms. The van der Waals surface area contributed by atoms with Crippen molar-refractivity contribution in [3.63, 3.8) is 0 Å². The van der Waals surface area contributed by atoms with Gasteiger partial charge in [0.25, 0.3) is 0 Å². The summed E-state index contributed by atoms with van der Waals surface area (Å²) in [6.45, 7) is 2.25. The third-order valence-corrected chi connectivity index (χ3v) is 1.44. The summed E-state index contributed by atoms with van der Waals surface area (Å²) in [7, 11) is 0. The first-order valence-corrected chi connectivity index (χ1v) is 6.71. The van der Waals surface area contributed by atoms with E-state index in [0.717, 1.165) is 6.42 Å². The Morgan fingerprint density at radius 3 is 0.895 bits per heavy atom. The van der Waals surface area contributed by atoms with Crippen LogP contribution in [0.3, 0.4) is 0 Å². The van der Waals surface area contributed by atoms with Crippen molar-refractivity contribution in [3.05, 3.63) is 0 Å². The van der Waals surface area contributed by atoms with Gasteiger partial charge in [-0.2, -0.15) is 37.9 Å². The number of carbonyl (C=O) groups is 3. The summed E-state index contributed by atoms with van der Waals surface area (Å²) in [6.07, 6.45) is 0.875. The SMILES string of the molecule is CCCO.O=C(O)CS.O=C(O)CS.O=C(O)CS. The van der Waals surface area contributed by atoms with E-state index in [1.165, 1.54) is 0 Å². The van der Waals surface area contributed by atoms with Crippen LogP contribution >= 0.6 is 37.9 Å². The lowest BCUT2D eigenvalue weighted by atomic mass is 10.5. The maximum absolute atomic E-state index is 9.29. The number of hydrogen-bond acceptors (Lipinski definition) is 7. The Labute approximate surface area is 128 Å². The first kappa shape index (κ1) is 26.9. The van der Waals surface area contributed by atoms with Crippen molar-refractivity contribution in [2.75, 3.05) is 23.9 Å². The highest BCUT2D eigenvalue weighted by atomic mass is 32.1. The molecule has 0 rings (SSSR count). The highest BCUT2D eigenvalue weighted by Crippen LogP contribution is 1.67. The Balaban J connectivity index is -0.0000000793. The van der Waals surface area contributed by atoms with Crippen molar-refractivity contribution in [1.29, 1.82) is 0 Å². The second-order valence-corrected chi connectivity index (χ2v) is 3.33. The van der Waals surface area contributed by atoms with Gasteiger partial charge in [0.2, 0.25) is 0 Å². The Hall–Kier alpha value is -0.580. The number of aliphatic hydroxyl groups excluding tert-OH is 1. The Bertz CT molecular complexity index is 189. The van der Waals surface area contributed by atoms with Gasteiger partial charge in [-0.3, -0.25) is 14.4 Å². The smallest absolute Gasteiger partial charge is 0.313 e. The lowest BCUT2D eigenvalue weighted by Crippen LogP contribution is -1.92. The van der Waals surface area contributed by atoms with Gasteiger partial charge in [0, 0.05) is 6.61 Å². The van der Waals surface area contributed by atoms with Crippen molar-refractivity contribution in [2.24, 2.45) is 0 Å². The molecular weight excluding hydrogens is 316 g/mol. The fraction of sp³-hybridized carbons (Fsp3) is 0.667. The van der Waals surface area contributed by atoms with E-state index in [1.54, 1.807) is 0 Å². The largest absolute Gasteiger partial charge is 0.481 e. The predicted octanol–water partition coefficient (Wildman–Crippen LogP) is 0.391. The molecule has 0 fully saturated rings. The molecule has 0 heterocycles. The third-order valence-electron chi connectivity index (χ3n) is 0.629.